The van der Waals surface area contributed by atoms with E-state index in [1.807, 2.05) is 0 Å². The predicted molar refractivity (Wildman–Crippen MR) is 100 cm³/mol. The summed E-state index contributed by atoms with van der Waals surface area (Å²) in [7, 11) is 0. The van der Waals surface area contributed by atoms with Gasteiger partial charge in [-0.1, -0.05) is 32.3 Å². The second-order valence-corrected chi connectivity index (χ2v) is 6.90. The molecule has 0 saturated carbocycles. The average molecular weight is 374 g/mol. The minimum atomic E-state index is -0.531. The van der Waals surface area contributed by atoms with Gasteiger partial charge in [0, 0.05) is 30.7 Å². The van der Waals surface area contributed by atoms with E-state index in [0.29, 0.717) is 29.9 Å². The molecule has 2 atom stereocenters. The highest BCUT2D eigenvalue weighted by molar-refractivity contribution is 5.52. The molecule has 1 heterocycles. The van der Waals surface area contributed by atoms with Crippen molar-refractivity contribution in [3.63, 3.8) is 0 Å². The molecule has 1 aliphatic rings. The molecule has 27 heavy (non-hydrogen) atoms. The van der Waals surface area contributed by atoms with Gasteiger partial charge >= 0.3 is 0 Å². The molecule has 0 aromatic heterocycles. The first kappa shape index (κ1) is 19.2. The SMILES string of the molecule is CCCCCCO[C@H]1Cc2c(O)cc(O)cc2O[C@@H]1c1ccc(O)c(O)c1. The van der Waals surface area contributed by atoms with Crippen LogP contribution in [0.3, 0.4) is 0 Å². The van der Waals surface area contributed by atoms with Gasteiger partial charge in [-0.15, -0.1) is 0 Å². The van der Waals surface area contributed by atoms with Gasteiger partial charge in [-0.25, -0.2) is 0 Å². The van der Waals surface area contributed by atoms with Gasteiger partial charge in [0.05, 0.1) is 0 Å². The number of hydrogen-bond acceptors (Lipinski definition) is 6. The summed E-state index contributed by atoms with van der Waals surface area (Å²) < 4.78 is 12.1. The highest BCUT2D eigenvalue weighted by atomic mass is 16.5. The fraction of sp³-hybridized carbons (Fsp3) is 0.429. The molecule has 6 heteroatoms. The van der Waals surface area contributed by atoms with Crippen molar-refractivity contribution in [2.75, 3.05) is 6.61 Å². The molecule has 6 nitrogen and oxygen atoms in total. The van der Waals surface area contributed by atoms with Crippen LogP contribution in [0.2, 0.25) is 0 Å². The number of ether oxygens (including phenoxy) is 2. The largest absolute Gasteiger partial charge is 0.508 e. The summed E-state index contributed by atoms with van der Waals surface area (Å²) in [6.45, 7) is 2.72. The Bertz CT molecular complexity index is 788. The second-order valence-electron chi connectivity index (χ2n) is 6.90. The van der Waals surface area contributed by atoms with Gasteiger partial charge in [0.15, 0.2) is 17.6 Å². The quantitative estimate of drug-likeness (QED) is 0.429. The molecule has 0 fully saturated rings. The van der Waals surface area contributed by atoms with Gasteiger partial charge in [-0.05, 0) is 24.1 Å². The first-order valence-corrected chi connectivity index (χ1v) is 9.34. The molecular formula is C21H26O6. The molecule has 4 N–H and O–H groups in total. The van der Waals surface area contributed by atoms with E-state index in [-0.39, 0.29) is 29.1 Å². The van der Waals surface area contributed by atoms with Crippen molar-refractivity contribution in [1.29, 1.82) is 0 Å². The van der Waals surface area contributed by atoms with Crippen molar-refractivity contribution in [3.05, 3.63) is 41.5 Å². The Morgan fingerprint density at radius 2 is 1.78 bits per heavy atom. The summed E-state index contributed by atoms with van der Waals surface area (Å²) in [4.78, 5) is 0. The number of rotatable bonds is 7. The van der Waals surface area contributed by atoms with Crippen LogP contribution in [-0.2, 0) is 11.2 Å². The number of fused-ring (bicyclic) bond motifs is 1. The average Bonchev–Trinajstić information content (AvgIpc) is 2.63. The van der Waals surface area contributed by atoms with Crippen LogP contribution in [-0.4, -0.2) is 33.1 Å². The normalized spacial score (nSPS) is 18.7. The topological polar surface area (TPSA) is 99.4 Å². The van der Waals surface area contributed by atoms with E-state index >= 15 is 0 Å². The van der Waals surface area contributed by atoms with Gasteiger partial charge in [-0.3, -0.25) is 0 Å². The van der Waals surface area contributed by atoms with E-state index in [9.17, 15) is 20.4 Å². The van der Waals surface area contributed by atoms with Crippen molar-refractivity contribution in [3.8, 4) is 28.7 Å². The molecule has 0 aliphatic carbocycles. The van der Waals surface area contributed by atoms with Crippen molar-refractivity contribution < 1.29 is 29.9 Å². The first-order valence-electron chi connectivity index (χ1n) is 9.34. The minimum Gasteiger partial charge on any atom is -0.508 e. The molecule has 0 bridgehead atoms. The fourth-order valence-corrected chi connectivity index (χ4v) is 3.36. The van der Waals surface area contributed by atoms with Crippen LogP contribution >= 0.6 is 0 Å². The van der Waals surface area contributed by atoms with E-state index in [1.54, 1.807) is 6.07 Å². The molecule has 0 amide bonds. The standard InChI is InChI=1S/C21H26O6/c1-2-3-4-5-8-26-20-12-15-17(24)10-14(22)11-19(15)27-21(20)13-6-7-16(23)18(25)9-13/h6-7,9-11,20-25H,2-5,8,12H2,1H3/t20-,21+/m0/s1. The van der Waals surface area contributed by atoms with Crippen LogP contribution in [0.15, 0.2) is 30.3 Å². The molecular weight excluding hydrogens is 348 g/mol. The molecule has 0 unspecified atom stereocenters. The summed E-state index contributed by atoms with van der Waals surface area (Å²) >= 11 is 0. The molecule has 2 aromatic carbocycles. The number of phenols is 4. The Morgan fingerprint density at radius 1 is 0.963 bits per heavy atom. The van der Waals surface area contributed by atoms with Gasteiger partial charge in [0.25, 0.3) is 0 Å². The van der Waals surface area contributed by atoms with E-state index in [4.69, 9.17) is 9.47 Å². The van der Waals surface area contributed by atoms with Crippen molar-refractivity contribution >= 4 is 0 Å². The van der Waals surface area contributed by atoms with Crippen LogP contribution in [0.5, 0.6) is 28.7 Å². The summed E-state index contributed by atoms with van der Waals surface area (Å²) in [5.41, 5.74) is 1.24. The lowest BCUT2D eigenvalue weighted by Crippen LogP contribution is -2.33. The monoisotopic (exact) mass is 374 g/mol. The highest BCUT2D eigenvalue weighted by Gasteiger charge is 2.34. The molecule has 2 aromatic rings. The molecule has 1 aliphatic heterocycles. The third-order valence-electron chi connectivity index (χ3n) is 4.82. The molecule has 3 rings (SSSR count). The zero-order valence-corrected chi connectivity index (χ0v) is 15.4. The Kier molecular flexibility index (Phi) is 5.96. The molecule has 0 radical (unpaired) electrons. The lowest BCUT2D eigenvalue weighted by atomic mass is 9.93. The van der Waals surface area contributed by atoms with Gasteiger partial charge in [0.1, 0.15) is 23.4 Å². The Labute approximate surface area is 158 Å². The summed E-state index contributed by atoms with van der Waals surface area (Å²) in [5, 5.41) is 39.3. The van der Waals surface area contributed by atoms with Crippen LogP contribution in [0.4, 0.5) is 0 Å². The zero-order chi connectivity index (χ0) is 19.4. The second kappa shape index (κ2) is 8.39. The first-order chi connectivity index (χ1) is 13.0. The summed E-state index contributed by atoms with van der Waals surface area (Å²) in [6.07, 6.45) is 3.85. The number of benzene rings is 2. The highest BCUT2D eigenvalue weighted by Crippen LogP contribution is 2.43. The molecule has 0 saturated heterocycles. The van der Waals surface area contributed by atoms with E-state index in [2.05, 4.69) is 6.92 Å². The van der Waals surface area contributed by atoms with Crippen LogP contribution in [0, 0.1) is 0 Å². The third kappa shape index (κ3) is 4.39. The van der Waals surface area contributed by atoms with Gasteiger partial charge in [-0.2, -0.15) is 0 Å². The predicted octanol–water partition coefficient (Wildman–Crippen LogP) is 4.15. The number of unbranched alkanes of at least 4 members (excludes halogenated alkanes) is 3. The minimum absolute atomic E-state index is 0.0309. The maximum Gasteiger partial charge on any atom is 0.157 e. The Hall–Kier alpha value is -2.60. The smallest absolute Gasteiger partial charge is 0.157 e. The maximum atomic E-state index is 10.2. The van der Waals surface area contributed by atoms with Gasteiger partial charge < -0.3 is 29.9 Å². The van der Waals surface area contributed by atoms with Crippen molar-refractivity contribution in [2.24, 2.45) is 0 Å². The van der Waals surface area contributed by atoms with E-state index in [1.165, 1.54) is 24.3 Å². The maximum absolute atomic E-state index is 10.2. The zero-order valence-electron chi connectivity index (χ0n) is 15.4. The Balaban J connectivity index is 1.85. The lowest BCUT2D eigenvalue weighted by Gasteiger charge is -2.34. The number of hydrogen-bond donors (Lipinski definition) is 4. The molecule has 0 spiro atoms. The molecule has 146 valence electrons. The van der Waals surface area contributed by atoms with Crippen LogP contribution in [0.1, 0.15) is 49.8 Å². The third-order valence-corrected chi connectivity index (χ3v) is 4.82. The lowest BCUT2D eigenvalue weighted by molar-refractivity contribution is -0.0393. The fourth-order valence-electron chi connectivity index (χ4n) is 3.36. The van der Waals surface area contributed by atoms with Gasteiger partial charge in [0.2, 0.25) is 0 Å². The summed E-state index contributed by atoms with van der Waals surface area (Å²) in [5.74, 6) is -0.172. The van der Waals surface area contributed by atoms with Crippen molar-refractivity contribution in [1.82, 2.24) is 0 Å². The number of phenolic OH excluding ortho intramolecular Hbond substituents is 4. The van der Waals surface area contributed by atoms with E-state index in [0.717, 1.165) is 25.7 Å². The van der Waals surface area contributed by atoms with Crippen molar-refractivity contribution in [2.45, 2.75) is 51.2 Å². The number of aromatic hydroxyl groups is 4. The van der Waals surface area contributed by atoms with E-state index < -0.39 is 6.10 Å². The van der Waals surface area contributed by atoms with Crippen LogP contribution in [0.25, 0.3) is 0 Å². The summed E-state index contributed by atoms with van der Waals surface area (Å²) in [6, 6.07) is 7.26. The Morgan fingerprint density at radius 3 is 2.52 bits per heavy atom. The van der Waals surface area contributed by atoms with Crippen LogP contribution < -0.4 is 4.74 Å².